The molecule has 13 heavy (non-hydrogen) atoms. The van der Waals surface area contributed by atoms with Crippen LogP contribution in [0.5, 0.6) is 0 Å². The summed E-state index contributed by atoms with van der Waals surface area (Å²) in [4.78, 5) is 0. The van der Waals surface area contributed by atoms with E-state index in [9.17, 15) is 0 Å². The van der Waals surface area contributed by atoms with E-state index in [0.717, 1.165) is 11.8 Å². The molecule has 0 aromatic carbocycles. The third-order valence-corrected chi connectivity index (χ3v) is 3.69. The van der Waals surface area contributed by atoms with E-state index in [1.54, 1.807) is 0 Å². The van der Waals surface area contributed by atoms with Crippen LogP contribution in [-0.4, -0.2) is 0 Å². The molecule has 0 heterocycles. The lowest BCUT2D eigenvalue weighted by molar-refractivity contribution is 0.254. The van der Waals surface area contributed by atoms with Gasteiger partial charge in [-0.05, 0) is 28.1 Å². The largest absolute Gasteiger partial charge is 0.0599 e. The fourth-order valence-corrected chi connectivity index (χ4v) is 3.87. The van der Waals surface area contributed by atoms with Crippen molar-refractivity contribution in [2.45, 2.75) is 55.4 Å². The molecule has 0 heteroatoms. The van der Waals surface area contributed by atoms with Crippen LogP contribution in [0.2, 0.25) is 0 Å². The maximum Gasteiger partial charge on any atom is -0.0272 e. The van der Waals surface area contributed by atoms with Crippen molar-refractivity contribution in [2.75, 3.05) is 0 Å². The lowest BCUT2D eigenvalue weighted by Crippen LogP contribution is -2.16. The van der Waals surface area contributed by atoms with Crippen molar-refractivity contribution < 1.29 is 0 Å². The molecule has 0 unspecified atom stereocenters. The summed E-state index contributed by atoms with van der Waals surface area (Å²) in [6.07, 6.45) is 0. The zero-order chi connectivity index (χ0) is 10.7. The molecule has 1 aliphatic carbocycles. The monoisotopic (exact) mass is 182 g/mol. The van der Waals surface area contributed by atoms with Crippen LogP contribution in [0.15, 0.2) is 0 Å². The van der Waals surface area contributed by atoms with Crippen molar-refractivity contribution >= 4 is 0 Å². The van der Waals surface area contributed by atoms with Gasteiger partial charge < -0.3 is 0 Å². The fraction of sp³-hybridized carbons (Fsp3) is 1.00. The number of rotatable bonds is 0. The van der Waals surface area contributed by atoms with Gasteiger partial charge in [-0.15, -0.1) is 0 Å². The molecule has 0 aliphatic heterocycles. The zero-order valence-corrected chi connectivity index (χ0v) is 10.7. The van der Waals surface area contributed by atoms with E-state index in [1.807, 2.05) is 0 Å². The van der Waals surface area contributed by atoms with Crippen LogP contribution in [0, 0.1) is 28.1 Å². The highest BCUT2D eigenvalue weighted by Crippen LogP contribution is 2.71. The smallest absolute Gasteiger partial charge is 0.0272 e. The first-order valence-corrected chi connectivity index (χ1v) is 5.49. The highest BCUT2D eigenvalue weighted by Gasteiger charge is 2.65. The van der Waals surface area contributed by atoms with Gasteiger partial charge >= 0.3 is 0 Å². The van der Waals surface area contributed by atoms with Gasteiger partial charge in [0.2, 0.25) is 0 Å². The summed E-state index contributed by atoms with van der Waals surface area (Å²) >= 11 is 0. The Kier molecular flexibility index (Phi) is 2.15. The van der Waals surface area contributed by atoms with Crippen molar-refractivity contribution in [2.24, 2.45) is 28.1 Å². The van der Waals surface area contributed by atoms with E-state index in [2.05, 4.69) is 55.4 Å². The van der Waals surface area contributed by atoms with Crippen molar-refractivity contribution in [1.29, 1.82) is 0 Å². The second kappa shape index (κ2) is 2.52. The summed E-state index contributed by atoms with van der Waals surface area (Å²) in [5.74, 6) is 1.78. The first-order valence-electron chi connectivity index (χ1n) is 5.49. The predicted octanol–water partition coefficient (Wildman–Crippen LogP) is 4.35. The van der Waals surface area contributed by atoms with Gasteiger partial charge in [-0.2, -0.15) is 0 Å². The molecule has 1 fully saturated rings. The topological polar surface area (TPSA) is 0 Å². The molecule has 0 aromatic heterocycles. The van der Waals surface area contributed by atoms with Crippen LogP contribution in [0.3, 0.4) is 0 Å². The first-order chi connectivity index (χ1) is 5.49. The predicted molar refractivity (Wildman–Crippen MR) is 59.7 cm³/mol. The van der Waals surface area contributed by atoms with Crippen LogP contribution in [0.4, 0.5) is 0 Å². The molecule has 0 bridgehead atoms. The second-order valence-corrected chi connectivity index (χ2v) is 7.51. The Bertz CT molecular complexity index is 175. The Labute approximate surface area is 84.1 Å². The molecule has 0 spiro atoms. The van der Waals surface area contributed by atoms with Gasteiger partial charge in [0, 0.05) is 0 Å². The minimum Gasteiger partial charge on any atom is -0.0599 e. The molecule has 78 valence electrons. The summed E-state index contributed by atoms with van der Waals surface area (Å²) in [6, 6.07) is 0. The summed E-state index contributed by atoms with van der Waals surface area (Å²) < 4.78 is 0. The Morgan fingerprint density at radius 2 is 0.923 bits per heavy atom. The molecule has 0 nitrogen and oxygen atoms in total. The van der Waals surface area contributed by atoms with E-state index in [1.165, 1.54) is 0 Å². The normalized spacial score (nSPS) is 33.2. The molecule has 1 aliphatic rings. The first kappa shape index (κ1) is 11.1. The van der Waals surface area contributed by atoms with Crippen LogP contribution in [0.25, 0.3) is 0 Å². The molecular formula is C13H26. The number of hydrogen-bond acceptors (Lipinski definition) is 0. The van der Waals surface area contributed by atoms with Gasteiger partial charge in [0.05, 0.1) is 0 Å². The van der Waals surface area contributed by atoms with Crippen molar-refractivity contribution in [1.82, 2.24) is 0 Å². The standard InChI is InChI=1S/C13H26/c1-11(2,3)9-10(12(4,5)6)13(9,7)8/h9-10H,1-8H3/t9-,10-/m1/s1. The molecule has 0 amide bonds. The van der Waals surface area contributed by atoms with Gasteiger partial charge in [0.25, 0.3) is 0 Å². The van der Waals surface area contributed by atoms with Crippen LogP contribution >= 0.6 is 0 Å². The average Bonchev–Trinajstić information content (AvgIpc) is 2.29. The quantitative estimate of drug-likeness (QED) is 0.522. The Balaban J connectivity index is 2.85. The molecule has 1 saturated carbocycles. The van der Waals surface area contributed by atoms with Gasteiger partial charge in [0.1, 0.15) is 0 Å². The summed E-state index contributed by atoms with van der Waals surface area (Å²) in [5.41, 5.74) is 1.50. The van der Waals surface area contributed by atoms with E-state index in [4.69, 9.17) is 0 Å². The summed E-state index contributed by atoms with van der Waals surface area (Å²) in [7, 11) is 0. The van der Waals surface area contributed by atoms with E-state index >= 15 is 0 Å². The lowest BCUT2D eigenvalue weighted by Gasteiger charge is -2.24. The van der Waals surface area contributed by atoms with Crippen LogP contribution < -0.4 is 0 Å². The molecular weight excluding hydrogens is 156 g/mol. The summed E-state index contributed by atoms with van der Waals surface area (Å²) in [5, 5.41) is 0. The Morgan fingerprint density at radius 1 is 0.692 bits per heavy atom. The molecule has 0 N–H and O–H groups in total. The third kappa shape index (κ3) is 1.78. The highest BCUT2D eigenvalue weighted by molar-refractivity contribution is 5.13. The fourth-order valence-electron chi connectivity index (χ4n) is 3.87. The lowest BCUT2D eigenvalue weighted by atomic mass is 9.81. The van der Waals surface area contributed by atoms with E-state index in [-0.39, 0.29) is 0 Å². The van der Waals surface area contributed by atoms with Crippen molar-refractivity contribution in [3.63, 3.8) is 0 Å². The molecule has 2 atom stereocenters. The Morgan fingerprint density at radius 3 is 1.00 bits per heavy atom. The minimum atomic E-state index is 0.474. The van der Waals surface area contributed by atoms with Crippen molar-refractivity contribution in [3.05, 3.63) is 0 Å². The molecule has 1 rings (SSSR count). The van der Waals surface area contributed by atoms with Crippen molar-refractivity contribution in [3.8, 4) is 0 Å². The maximum atomic E-state index is 2.43. The molecule has 0 radical (unpaired) electrons. The molecule has 0 saturated heterocycles. The maximum absolute atomic E-state index is 2.43. The van der Waals surface area contributed by atoms with Gasteiger partial charge in [-0.1, -0.05) is 55.4 Å². The van der Waals surface area contributed by atoms with Gasteiger partial charge in [-0.3, -0.25) is 0 Å². The van der Waals surface area contributed by atoms with Crippen LogP contribution in [-0.2, 0) is 0 Å². The zero-order valence-electron chi connectivity index (χ0n) is 10.7. The van der Waals surface area contributed by atoms with E-state index in [0.29, 0.717) is 16.2 Å². The Hall–Kier alpha value is 0. The summed E-state index contributed by atoms with van der Waals surface area (Å²) in [6.45, 7) is 19.1. The average molecular weight is 182 g/mol. The second-order valence-electron chi connectivity index (χ2n) is 7.51. The van der Waals surface area contributed by atoms with Gasteiger partial charge in [0.15, 0.2) is 0 Å². The number of hydrogen-bond donors (Lipinski definition) is 0. The molecule has 0 aromatic rings. The highest BCUT2D eigenvalue weighted by atomic mass is 14.7. The minimum absolute atomic E-state index is 0.474. The SMILES string of the molecule is CC(C)(C)[C@H]1[C@H](C(C)(C)C)C1(C)C. The van der Waals surface area contributed by atoms with E-state index < -0.39 is 0 Å². The van der Waals surface area contributed by atoms with Gasteiger partial charge in [-0.25, -0.2) is 0 Å². The third-order valence-electron chi connectivity index (χ3n) is 3.69. The van der Waals surface area contributed by atoms with Crippen LogP contribution in [0.1, 0.15) is 55.4 Å².